The zero-order chi connectivity index (χ0) is 11.1. The average Bonchev–Trinajstić information content (AvgIpc) is 2.76. The van der Waals surface area contributed by atoms with E-state index >= 15 is 0 Å². The second-order valence-corrected chi connectivity index (χ2v) is 4.16. The summed E-state index contributed by atoms with van der Waals surface area (Å²) in [6.07, 6.45) is 4.81. The Hall–Kier alpha value is -1.90. The molecule has 0 amide bonds. The number of hydrogen-bond acceptors (Lipinski definition) is 2. The zero-order valence-corrected chi connectivity index (χ0v) is 8.73. The summed E-state index contributed by atoms with van der Waals surface area (Å²) in [6.45, 7) is 0. The number of aromatic carboxylic acids is 1. The molecule has 0 radical (unpaired) electrons. The second-order valence-electron chi connectivity index (χ2n) is 4.16. The monoisotopic (exact) mass is 213 g/mol. The lowest BCUT2D eigenvalue weighted by atomic mass is 10.0. The highest BCUT2D eigenvalue weighted by Gasteiger charge is 2.15. The molecule has 80 valence electrons. The van der Waals surface area contributed by atoms with Crippen molar-refractivity contribution in [3.63, 3.8) is 0 Å². The molecular formula is C13H11NO2. The van der Waals surface area contributed by atoms with E-state index in [0.29, 0.717) is 0 Å². The molecular weight excluding hydrogens is 202 g/mol. The molecule has 1 aliphatic rings. The Morgan fingerprint density at radius 2 is 2.19 bits per heavy atom. The minimum absolute atomic E-state index is 0.255. The van der Waals surface area contributed by atoms with Crippen LogP contribution in [-0.4, -0.2) is 16.1 Å². The predicted octanol–water partition coefficient (Wildman–Crippen LogP) is 2.42. The largest absolute Gasteiger partial charge is 0.478 e. The van der Waals surface area contributed by atoms with Crippen molar-refractivity contribution in [2.45, 2.75) is 19.3 Å². The van der Waals surface area contributed by atoms with Crippen molar-refractivity contribution in [2.75, 3.05) is 0 Å². The summed E-state index contributed by atoms with van der Waals surface area (Å²) in [5.41, 5.74) is 3.89. The van der Waals surface area contributed by atoms with Gasteiger partial charge in [0.05, 0.1) is 11.1 Å². The van der Waals surface area contributed by atoms with Crippen molar-refractivity contribution in [3.05, 3.63) is 41.1 Å². The predicted molar refractivity (Wildman–Crippen MR) is 60.7 cm³/mol. The van der Waals surface area contributed by atoms with Crippen LogP contribution in [0.25, 0.3) is 10.9 Å². The molecule has 0 bridgehead atoms. The van der Waals surface area contributed by atoms with Crippen LogP contribution in [0.5, 0.6) is 0 Å². The Labute approximate surface area is 92.7 Å². The van der Waals surface area contributed by atoms with Gasteiger partial charge in [-0.3, -0.25) is 4.98 Å². The van der Waals surface area contributed by atoms with Gasteiger partial charge < -0.3 is 5.11 Å². The van der Waals surface area contributed by atoms with E-state index < -0.39 is 5.97 Å². The van der Waals surface area contributed by atoms with Gasteiger partial charge in [-0.15, -0.1) is 0 Å². The van der Waals surface area contributed by atoms with Crippen LogP contribution in [-0.2, 0) is 12.8 Å². The number of pyridine rings is 1. The molecule has 0 saturated heterocycles. The highest BCUT2D eigenvalue weighted by atomic mass is 16.4. The van der Waals surface area contributed by atoms with Gasteiger partial charge in [0.1, 0.15) is 0 Å². The molecule has 3 rings (SSSR count). The van der Waals surface area contributed by atoms with Gasteiger partial charge in [-0.05, 0) is 36.5 Å². The Bertz CT molecular complexity index is 590. The molecule has 0 fully saturated rings. The third kappa shape index (κ3) is 1.28. The lowest BCUT2D eigenvalue weighted by Gasteiger charge is -2.04. The van der Waals surface area contributed by atoms with Gasteiger partial charge in [-0.1, -0.05) is 12.1 Å². The van der Waals surface area contributed by atoms with E-state index in [-0.39, 0.29) is 5.56 Å². The Morgan fingerprint density at radius 3 is 3.00 bits per heavy atom. The highest BCUT2D eigenvalue weighted by molar-refractivity contribution is 5.93. The van der Waals surface area contributed by atoms with Crippen molar-refractivity contribution in [1.82, 2.24) is 4.98 Å². The smallest absolute Gasteiger partial charge is 0.337 e. The molecule has 1 aromatic carbocycles. The molecule has 0 spiro atoms. The van der Waals surface area contributed by atoms with Gasteiger partial charge in [0.2, 0.25) is 0 Å². The number of benzene rings is 1. The van der Waals surface area contributed by atoms with Crippen molar-refractivity contribution in [2.24, 2.45) is 0 Å². The fourth-order valence-corrected chi connectivity index (χ4v) is 2.39. The van der Waals surface area contributed by atoms with Crippen LogP contribution in [0, 0.1) is 0 Å². The number of nitrogens with zero attached hydrogens (tertiary/aromatic N) is 1. The van der Waals surface area contributed by atoms with E-state index in [1.807, 2.05) is 6.07 Å². The Kier molecular flexibility index (Phi) is 1.93. The van der Waals surface area contributed by atoms with Crippen LogP contribution in [0.2, 0.25) is 0 Å². The summed E-state index contributed by atoms with van der Waals surface area (Å²) in [4.78, 5) is 15.1. The zero-order valence-electron chi connectivity index (χ0n) is 8.73. The molecule has 3 heteroatoms. The molecule has 0 unspecified atom stereocenters. The first kappa shape index (κ1) is 9.33. The number of hydrogen-bond donors (Lipinski definition) is 1. The topological polar surface area (TPSA) is 50.2 Å². The van der Waals surface area contributed by atoms with Gasteiger partial charge in [0.15, 0.2) is 0 Å². The van der Waals surface area contributed by atoms with Gasteiger partial charge >= 0.3 is 5.97 Å². The number of aromatic nitrogens is 1. The molecule has 1 aromatic heterocycles. The van der Waals surface area contributed by atoms with E-state index in [0.717, 1.165) is 23.7 Å². The fourth-order valence-electron chi connectivity index (χ4n) is 2.39. The third-order valence-corrected chi connectivity index (χ3v) is 3.17. The van der Waals surface area contributed by atoms with Gasteiger partial charge in [-0.25, -0.2) is 4.79 Å². The maximum absolute atomic E-state index is 10.8. The van der Waals surface area contributed by atoms with E-state index in [4.69, 9.17) is 5.11 Å². The van der Waals surface area contributed by atoms with E-state index in [9.17, 15) is 4.79 Å². The van der Waals surface area contributed by atoms with Crippen LogP contribution in [0.3, 0.4) is 0 Å². The first-order valence-corrected chi connectivity index (χ1v) is 5.39. The third-order valence-electron chi connectivity index (χ3n) is 3.17. The normalized spacial score (nSPS) is 14.0. The lowest BCUT2D eigenvalue weighted by molar-refractivity contribution is 0.0696. The van der Waals surface area contributed by atoms with E-state index in [2.05, 4.69) is 11.1 Å². The maximum atomic E-state index is 10.8. The van der Waals surface area contributed by atoms with Crippen LogP contribution in [0.15, 0.2) is 24.4 Å². The molecule has 1 N–H and O–H groups in total. The summed E-state index contributed by atoms with van der Waals surface area (Å²) in [5, 5.41) is 9.83. The minimum atomic E-state index is -0.921. The molecule has 16 heavy (non-hydrogen) atoms. The number of carboxylic acid groups (broad SMARTS) is 1. The molecule has 0 saturated carbocycles. The molecule has 1 aliphatic carbocycles. The van der Waals surface area contributed by atoms with Gasteiger partial charge in [0.25, 0.3) is 0 Å². The van der Waals surface area contributed by atoms with Crippen LogP contribution in [0.4, 0.5) is 0 Å². The number of fused-ring (bicyclic) bond motifs is 3. The second kappa shape index (κ2) is 3.30. The number of carbonyl (C=O) groups is 1. The molecule has 1 heterocycles. The van der Waals surface area contributed by atoms with Gasteiger partial charge in [0, 0.05) is 11.6 Å². The minimum Gasteiger partial charge on any atom is -0.478 e. The van der Waals surface area contributed by atoms with Crippen LogP contribution >= 0.6 is 0 Å². The van der Waals surface area contributed by atoms with E-state index in [1.54, 1.807) is 6.07 Å². The molecule has 0 aliphatic heterocycles. The average molecular weight is 213 g/mol. The van der Waals surface area contributed by atoms with Crippen molar-refractivity contribution < 1.29 is 9.90 Å². The van der Waals surface area contributed by atoms with Gasteiger partial charge in [-0.2, -0.15) is 0 Å². The number of rotatable bonds is 1. The summed E-state index contributed by atoms with van der Waals surface area (Å²) < 4.78 is 0. The summed E-state index contributed by atoms with van der Waals surface area (Å²) in [7, 11) is 0. The van der Waals surface area contributed by atoms with Crippen molar-refractivity contribution in [3.8, 4) is 0 Å². The number of aryl methyl sites for hydroxylation is 2. The summed E-state index contributed by atoms with van der Waals surface area (Å²) in [6, 6.07) is 5.76. The maximum Gasteiger partial charge on any atom is 0.337 e. The Morgan fingerprint density at radius 1 is 1.31 bits per heavy atom. The number of carboxylic acids is 1. The van der Waals surface area contributed by atoms with Crippen molar-refractivity contribution >= 4 is 16.9 Å². The molecule has 3 nitrogen and oxygen atoms in total. The van der Waals surface area contributed by atoms with Crippen LogP contribution < -0.4 is 0 Å². The van der Waals surface area contributed by atoms with Crippen molar-refractivity contribution in [1.29, 1.82) is 0 Å². The first-order chi connectivity index (χ1) is 7.75. The highest BCUT2D eigenvalue weighted by Crippen LogP contribution is 2.28. The first-order valence-electron chi connectivity index (χ1n) is 5.39. The summed E-state index contributed by atoms with van der Waals surface area (Å²) >= 11 is 0. The Balaban J connectivity index is 2.28. The molecule has 2 aromatic rings. The lowest BCUT2D eigenvalue weighted by Crippen LogP contribution is -1.98. The quantitative estimate of drug-likeness (QED) is 0.791. The van der Waals surface area contributed by atoms with Crippen LogP contribution in [0.1, 0.15) is 27.9 Å². The molecule has 0 atom stereocenters. The summed E-state index contributed by atoms with van der Waals surface area (Å²) in [5.74, 6) is -0.921. The fraction of sp³-hybridized carbons (Fsp3) is 0.231. The SMILES string of the molecule is O=C(O)c1cnc2c3c(ccc2c1)CCC3. The van der Waals surface area contributed by atoms with E-state index in [1.165, 1.54) is 23.7 Å². The standard InChI is InChI=1S/C13H11NO2/c15-13(16)10-6-9-5-4-8-2-1-3-11(8)12(9)14-7-10/h4-7H,1-3H2,(H,15,16).